The lowest BCUT2D eigenvalue weighted by Gasteiger charge is -2.39. The fraction of sp³-hybridized carbons (Fsp3) is 0.600. The maximum absolute atomic E-state index is 12.3. The number of ether oxygens (including phenoxy) is 2. The van der Waals surface area contributed by atoms with Crippen LogP contribution in [-0.4, -0.2) is 66.8 Å². The van der Waals surface area contributed by atoms with Crippen LogP contribution in [-0.2, 0) is 22.6 Å². The van der Waals surface area contributed by atoms with Gasteiger partial charge in [-0.2, -0.15) is 0 Å². The molecule has 1 aromatic rings. The topological polar surface area (TPSA) is 66.4 Å². The molecule has 1 fully saturated rings. The third-order valence-electron chi connectivity index (χ3n) is 4.61. The van der Waals surface area contributed by atoms with Crippen molar-refractivity contribution in [1.29, 1.82) is 0 Å². The molecule has 1 N–H and O–H groups in total. The average molecular weight is 502 g/mol. The molecule has 0 aliphatic carbocycles. The predicted octanol–water partition coefficient (Wildman–Crippen LogP) is 2.83. The van der Waals surface area contributed by atoms with Crippen LogP contribution in [0, 0.1) is 0 Å². The van der Waals surface area contributed by atoms with Gasteiger partial charge in [-0.05, 0) is 31.9 Å². The molecule has 2 heterocycles. The van der Waals surface area contributed by atoms with Crippen LogP contribution in [0.4, 0.5) is 4.79 Å². The Morgan fingerprint density at radius 3 is 2.75 bits per heavy atom. The molecule has 0 bridgehead atoms. The number of benzene rings is 1. The third kappa shape index (κ3) is 5.97. The van der Waals surface area contributed by atoms with Gasteiger partial charge < -0.3 is 24.6 Å². The lowest BCUT2D eigenvalue weighted by molar-refractivity contribution is 0.0137. The van der Waals surface area contributed by atoms with Gasteiger partial charge in [0.25, 0.3) is 0 Å². The highest BCUT2D eigenvalue weighted by Gasteiger charge is 2.36. The fourth-order valence-electron chi connectivity index (χ4n) is 3.40. The molecule has 1 amide bonds. The van der Waals surface area contributed by atoms with Crippen LogP contribution in [0.3, 0.4) is 0 Å². The molecule has 156 valence electrons. The highest BCUT2D eigenvalue weighted by atomic mass is 127. The molecule has 1 atom stereocenters. The van der Waals surface area contributed by atoms with Gasteiger partial charge in [0.2, 0.25) is 0 Å². The molecule has 28 heavy (non-hydrogen) atoms. The van der Waals surface area contributed by atoms with Gasteiger partial charge in [-0.25, -0.2) is 4.79 Å². The SMILES string of the molecule is COCc1cccc(CNC2=NCC3CN(C(=O)OC(C)(C)C)CCN23)c1.I. The number of guanidine groups is 1. The van der Waals surface area contributed by atoms with Crippen LogP contribution in [0.25, 0.3) is 0 Å². The number of hydrogen-bond acceptors (Lipinski definition) is 6. The van der Waals surface area contributed by atoms with E-state index < -0.39 is 5.60 Å². The van der Waals surface area contributed by atoms with Gasteiger partial charge in [0.05, 0.1) is 19.2 Å². The van der Waals surface area contributed by atoms with E-state index in [1.165, 1.54) is 5.56 Å². The van der Waals surface area contributed by atoms with Gasteiger partial charge in [-0.1, -0.05) is 24.3 Å². The first-order valence-corrected chi connectivity index (χ1v) is 9.45. The molecule has 2 aliphatic rings. The van der Waals surface area contributed by atoms with Crippen LogP contribution < -0.4 is 5.32 Å². The molecule has 7 nitrogen and oxygen atoms in total. The van der Waals surface area contributed by atoms with Gasteiger partial charge in [0, 0.05) is 33.3 Å². The smallest absolute Gasteiger partial charge is 0.410 e. The van der Waals surface area contributed by atoms with Crippen LogP contribution in [0.1, 0.15) is 31.9 Å². The monoisotopic (exact) mass is 502 g/mol. The van der Waals surface area contributed by atoms with E-state index in [0.717, 1.165) is 24.6 Å². The summed E-state index contributed by atoms with van der Waals surface area (Å²) in [4.78, 5) is 21.0. The summed E-state index contributed by atoms with van der Waals surface area (Å²) in [7, 11) is 1.70. The van der Waals surface area contributed by atoms with Crippen molar-refractivity contribution >= 4 is 36.0 Å². The second-order valence-electron chi connectivity index (χ2n) is 8.04. The maximum Gasteiger partial charge on any atom is 0.410 e. The minimum Gasteiger partial charge on any atom is -0.444 e. The number of aliphatic imine (C=N–C) groups is 1. The molecule has 1 aromatic carbocycles. The van der Waals surface area contributed by atoms with Crippen molar-refractivity contribution in [1.82, 2.24) is 15.1 Å². The van der Waals surface area contributed by atoms with Crippen molar-refractivity contribution in [3.05, 3.63) is 35.4 Å². The van der Waals surface area contributed by atoms with Crippen LogP contribution in [0.5, 0.6) is 0 Å². The van der Waals surface area contributed by atoms with E-state index in [9.17, 15) is 4.79 Å². The number of piperazine rings is 1. The average Bonchev–Trinajstić information content (AvgIpc) is 3.01. The summed E-state index contributed by atoms with van der Waals surface area (Å²) in [6.45, 7) is 9.77. The summed E-state index contributed by atoms with van der Waals surface area (Å²) < 4.78 is 10.7. The van der Waals surface area contributed by atoms with E-state index in [0.29, 0.717) is 26.2 Å². The van der Waals surface area contributed by atoms with Gasteiger partial charge >= 0.3 is 6.09 Å². The number of rotatable bonds is 4. The van der Waals surface area contributed by atoms with Crippen molar-refractivity contribution in [2.75, 3.05) is 33.3 Å². The molecular formula is C20H31IN4O3. The summed E-state index contributed by atoms with van der Waals surface area (Å²) >= 11 is 0. The van der Waals surface area contributed by atoms with Gasteiger partial charge in [-0.3, -0.25) is 4.99 Å². The minimum atomic E-state index is -0.468. The molecule has 0 saturated carbocycles. The largest absolute Gasteiger partial charge is 0.444 e. The molecule has 2 aliphatic heterocycles. The van der Waals surface area contributed by atoms with Crippen LogP contribution in [0.2, 0.25) is 0 Å². The Balaban J connectivity index is 0.00000280. The number of hydrogen-bond donors (Lipinski definition) is 1. The third-order valence-corrected chi connectivity index (χ3v) is 4.61. The summed E-state index contributed by atoms with van der Waals surface area (Å²) in [5.74, 6) is 0.918. The molecule has 0 aromatic heterocycles. The van der Waals surface area contributed by atoms with Crippen LogP contribution >= 0.6 is 24.0 Å². The quantitative estimate of drug-likeness (QED) is 0.642. The van der Waals surface area contributed by atoms with Gasteiger partial charge in [0.15, 0.2) is 5.96 Å². The van der Waals surface area contributed by atoms with Gasteiger partial charge in [-0.15, -0.1) is 24.0 Å². The Morgan fingerprint density at radius 2 is 2.04 bits per heavy atom. The Kier molecular flexibility index (Phi) is 7.94. The summed E-state index contributed by atoms with van der Waals surface area (Å²) in [6, 6.07) is 8.56. The molecule has 1 saturated heterocycles. The van der Waals surface area contributed by atoms with Crippen molar-refractivity contribution in [3.63, 3.8) is 0 Å². The highest BCUT2D eigenvalue weighted by molar-refractivity contribution is 14.0. The molecule has 8 heteroatoms. The number of nitrogens with zero attached hydrogens (tertiary/aromatic N) is 3. The van der Waals surface area contributed by atoms with Crippen molar-refractivity contribution in [3.8, 4) is 0 Å². The van der Waals surface area contributed by atoms with E-state index in [1.54, 1.807) is 12.0 Å². The number of amides is 1. The molecule has 3 rings (SSSR count). The van der Waals surface area contributed by atoms with E-state index in [2.05, 4.69) is 33.4 Å². The highest BCUT2D eigenvalue weighted by Crippen LogP contribution is 2.19. The lowest BCUT2D eigenvalue weighted by atomic mass is 10.1. The van der Waals surface area contributed by atoms with E-state index in [1.807, 2.05) is 26.8 Å². The summed E-state index contributed by atoms with van der Waals surface area (Å²) in [6.07, 6.45) is -0.237. The molecule has 0 spiro atoms. The first-order chi connectivity index (χ1) is 12.9. The Hall–Kier alpha value is -1.55. The zero-order valence-electron chi connectivity index (χ0n) is 17.1. The zero-order valence-corrected chi connectivity index (χ0v) is 19.4. The van der Waals surface area contributed by atoms with Crippen LogP contribution in [0.15, 0.2) is 29.3 Å². The number of carbonyl (C=O) groups is 1. The Labute approximate surface area is 184 Å². The molecular weight excluding hydrogens is 471 g/mol. The molecule has 1 unspecified atom stereocenters. The predicted molar refractivity (Wildman–Crippen MR) is 120 cm³/mol. The maximum atomic E-state index is 12.3. The number of methoxy groups -OCH3 is 1. The lowest BCUT2D eigenvalue weighted by Crippen LogP contribution is -2.57. The Bertz CT molecular complexity index is 705. The standard InChI is InChI=1S/C20H30N4O3.HI/c1-20(2,3)27-19(25)23-8-9-24-17(13-23)12-22-18(24)21-11-15-6-5-7-16(10-15)14-26-4;/h5-7,10,17H,8-9,11-14H2,1-4H3,(H,21,22);1H. The van der Waals surface area contributed by atoms with E-state index in [-0.39, 0.29) is 36.1 Å². The normalized spacial score (nSPS) is 18.9. The zero-order chi connectivity index (χ0) is 19.4. The second kappa shape index (κ2) is 9.78. The Morgan fingerprint density at radius 1 is 1.29 bits per heavy atom. The van der Waals surface area contributed by atoms with Crippen molar-refractivity contribution in [2.24, 2.45) is 4.99 Å². The minimum absolute atomic E-state index is 0. The summed E-state index contributed by atoms with van der Waals surface area (Å²) in [5, 5.41) is 3.45. The van der Waals surface area contributed by atoms with E-state index in [4.69, 9.17) is 9.47 Å². The number of nitrogens with one attached hydrogen (secondary N) is 1. The van der Waals surface area contributed by atoms with E-state index >= 15 is 0 Å². The second-order valence-corrected chi connectivity index (χ2v) is 8.04. The van der Waals surface area contributed by atoms with Gasteiger partial charge in [0.1, 0.15) is 5.60 Å². The number of fused-ring (bicyclic) bond motifs is 1. The number of carbonyl (C=O) groups excluding carboxylic acids is 1. The van der Waals surface area contributed by atoms with Crippen molar-refractivity contribution < 1.29 is 14.3 Å². The fourth-order valence-corrected chi connectivity index (χ4v) is 3.40. The first-order valence-electron chi connectivity index (χ1n) is 9.45. The number of halogens is 1. The summed E-state index contributed by atoms with van der Waals surface area (Å²) in [5.41, 5.74) is 1.89. The van der Waals surface area contributed by atoms with Crippen molar-refractivity contribution in [2.45, 2.75) is 45.6 Å². The first kappa shape index (κ1) is 22.7. The molecule has 0 radical (unpaired) electrons.